The van der Waals surface area contributed by atoms with Crippen LogP contribution in [0.5, 0.6) is 0 Å². The third-order valence-corrected chi connectivity index (χ3v) is 3.41. The number of rotatable bonds is 3. The van der Waals surface area contributed by atoms with Crippen molar-refractivity contribution >= 4 is 27.5 Å². The van der Waals surface area contributed by atoms with Gasteiger partial charge in [-0.25, -0.2) is 4.39 Å². The molecule has 1 aliphatic rings. The Morgan fingerprint density at radius 1 is 1.44 bits per heavy atom. The van der Waals surface area contributed by atoms with Crippen molar-refractivity contribution in [1.82, 2.24) is 4.90 Å². The van der Waals surface area contributed by atoms with E-state index >= 15 is 0 Å². The van der Waals surface area contributed by atoms with Crippen molar-refractivity contribution in [3.05, 3.63) is 28.5 Å². The first-order valence-corrected chi connectivity index (χ1v) is 6.50. The minimum Gasteiger partial charge on any atom is -0.378 e. The Kier molecular flexibility index (Phi) is 4.54. The van der Waals surface area contributed by atoms with Crippen LogP contribution in [0.25, 0.3) is 0 Å². The molecule has 4 nitrogen and oxygen atoms in total. The van der Waals surface area contributed by atoms with Gasteiger partial charge < -0.3 is 15.0 Å². The Morgan fingerprint density at radius 3 is 2.89 bits per heavy atom. The van der Waals surface area contributed by atoms with Crippen LogP contribution in [-0.2, 0) is 9.53 Å². The largest absolute Gasteiger partial charge is 0.378 e. The molecule has 0 unspecified atom stereocenters. The van der Waals surface area contributed by atoms with Crippen LogP contribution in [0.3, 0.4) is 0 Å². The predicted molar refractivity (Wildman–Crippen MR) is 70.0 cm³/mol. The van der Waals surface area contributed by atoms with Crippen molar-refractivity contribution in [3.63, 3.8) is 0 Å². The van der Waals surface area contributed by atoms with E-state index in [0.717, 1.165) is 4.47 Å². The number of carbonyl (C=O) groups excluding carboxylic acids is 1. The maximum atomic E-state index is 13.1. The van der Waals surface area contributed by atoms with Gasteiger partial charge in [-0.05, 0) is 34.1 Å². The molecule has 2 rings (SSSR count). The molecule has 98 valence electrons. The summed E-state index contributed by atoms with van der Waals surface area (Å²) < 4.78 is 19.0. The molecule has 1 aromatic rings. The highest BCUT2D eigenvalue weighted by atomic mass is 79.9. The number of amides is 1. The molecule has 0 aliphatic carbocycles. The highest BCUT2D eigenvalue weighted by Crippen LogP contribution is 2.22. The quantitative estimate of drug-likeness (QED) is 0.925. The van der Waals surface area contributed by atoms with Gasteiger partial charge in [-0.3, -0.25) is 4.79 Å². The summed E-state index contributed by atoms with van der Waals surface area (Å²) in [6.07, 6.45) is 0. The number of hydrogen-bond donors (Lipinski definition) is 1. The van der Waals surface area contributed by atoms with Gasteiger partial charge >= 0.3 is 0 Å². The van der Waals surface area contributed by atoms with Crippen molar-refractivity contribution in [2.45, 2.75) is 0 Å². The van der Waals surface area contributed by atoms with Crippen molar-refractivity contribution in [3.8, 4) is 0 Å². The Bertz CT molecular complexity index is 436. The second kappa shape index (κ2) is 6.15. The van der Waals surface area contributed by atoms with E-state index in [1.54, 1.807) is 11.0 Å². The topological polar surface area (TPSA) is 41.6 Å². The Hall–Kier alpha value is -1.14. The fourth-order valence-electron chi connectivity index (χ4n) is 1.73. The molecule has 0 bridgehead atoms. The molecule has 18 heavy (non-hydrogen) atoms. The van der Waals surface area contributed by atoms with E-state index in [-0.39, 0.29) is 18.3 Å². The van der Waals surface area contributed by atoms with Crippen LogP contribution in [-0.4, -0.2) is 43.7 Å². The fraction of sp³-hybridized carbons (Fsp3) is 0.417. The van der Waals surface area contributed by atoms with Crippen LogP contribution in [0.1, 0.15) is 0 Å². The lowest BCUT2D eigenvalue weighted by Crippen LogP contribution is -2.43. The number of anilines is 1. The highest BCUT2D eigenvalue weighted by Gasteiger charge is 2.16. The van der Waals surface area contributed by atoms with E-state index in [9.17, 15) is 9.18 Å². The van der Waals surface area contributed by atoms with Gasteiger partial charge in [0.05, 0.1) is 25.4 Å². The summed E-state index contributed by atoms with van der Waals surface area (Å²) in [7, 11) is 0. The molecule has 6 heteroatoms. The zero-order valence-electron chi connectivity index (χ0n) is 9.79. The molecule has 1 fully saturated rings. The lowest BCUT2D eigenvalue weighted by atomic mass is 10.3. The lowest BCUT2D eigenvalue weighted by molar-refractivity contribution is -0.133. The second-order valence-electron chi connectivity index (χ2n) is 3.97. The van der Waals surface area contributed by atoms with Gasteiger partial charge in [-0.2, -0.15) is 0 Å². The van der Waals surface area contributed by atoms with Crippen molar-refractivity contribution < 1.29 is 13.9 Å². The number of benzene rings is 1. The molecule has 1 amide bonds. The zero-order chi connectivity index (χ0) is 13.0. The van der Waals surface area contributed by atoms with Crippen LogP contribution in [0, 0.1) is 5.82 Å². The van der Waals surface area contributed by atoms with Gasteiger partial charge in [-0.1, -0.05) is 0 Å². The Balaban J connectivity index is 1.90. The fourth-order valence-corrected chi connectivity index (χ4v) is 2.12. The van der Waals surface area contributed by atoms with Gasteiger partial charge in [0.1, 0.15) is 5.82 Å². The van der Waals surface area contributed by atoms with Gasteiger partial charge in [-0.15, -0.1) is 0 Å². The van der Waals surface area contributed by atoms with E-state index in [0.29, 0.717) is 32.0 Å². The van der Waals surface area contributed by atoms with E-state index in [4.69, 9.17) is 4.74 Å². The molecule has 1 saturated heterocycles. The molecule has 0 atom stereocenters. The first kappa shape index (κ1) is 13.3. The summed E-state index contributed by atoms with van der Waals surface area (Å²) in [6, 6.07) is 4.33. The van der Waals surface area contributed by atoms with Gasteiger partial charge in [0.15, 0.2) is 0 Å². The summed E-state index contributed by atoms with van der Waals surface area (Å²) in [5.74, 6) is -0.339. The van der Waals surface area contributed by atoms with Crippen LogP contribution in [0.4, 0.5) is 10.1 Å². The smallest absolute Gasteiger partial charge is 0.242 e. The number of nitrogens with zero attached hydrogens (tertiary/aromatic N) is 1. The van der Waals surface area contributed by atoms with Crippen LogP contribution >= 0.6 is 15.9 Å². The van der Waals surface area contributed by atoms with Crippen molar-refractivity contribution in [2.75, 3.05) is 38.2 Å². The monoisotopic (exact) mass is 316 g/mol. The summed E-state index contributed by atoms with van der Waals surface area (Å²) in [5.41, 5.74) is 0.580. The Morgan fingerprint density at radius 2 is 2.17 bits per heavy atom. The van der Waals surface area contributed by atoms with Crippen molar-refractivity contribution in [2.24, 2.45) is 0 Å². The van der Waals surface area contributed by atoms with Gasteiger partial charge in [0, 0.05) is 17.6 Å². The highest BCUT2D eigenvalue weighted by molar-refractivity contribution is 9.10. The number of halogens is 2. The average molecular weight is 317 g/mol. The van der Waals surface area contributed by atoms with Crippen LogP contribution in [0.2, 0.25) is 0 Å². The zero-order valence-corrected chi connectivity index (χ0v) is 11.4. The molecule has 1 aliphatic heterocycles. The van der Waals surface area contributed by atoms with E-state index < -0.39 is 0 Å². The summed E-state index contributed by atoms with van der Waals surface area (Å²) in [5, 5.41) is 2.93. The van der Waals surface area contributed by atoms with Gasteiger partial charge in [0.25, 0.3) is 0 Å². The third kappa shape index (κ3) is 3.43. The van der Waals surface area contributed by atoms with E-state index in [1.165, 1.54) is 12.1 Å². The van der Waals surface area contributed by atoms with E-state index in [2.05, 4.69) is 21.2 Å². The molecular formula is C12H14BrFN2O2. The minimum atomic E-state index is -0.334. The van der Waals surface area contributed by atoms with Crippen LogP contribution in [0.15, 0.2) is 22.7 Å². The number of hydrogen-bond acceptors (Lipinski definition) is 3. The molecule has 1 aromatic carbocycles. The minimum absolute atomic E-state index is 0.00513. The van der Waals surface area contributed by atoms with Crippen LogP contribution < -0.4 is 5.32 Å². The normalized spacial score (nSPS) is 15.6. The van der Waals surface area contributed by atoms with E-state index in [1.807, 2.05) is 0 Å². The van der Waals surface area contributed by atoms with Crippen molar-refractivity contribution in [1.29, 1.82) is 0 Å². The molecule has 0 saturated carbocycles. The molecule has 0 spiro atoms. The standard InChI is InChI=1S/C12H14BrFN2O2/c13-10-2-1-9(14)7-11(10)15-8-12(17)16-3-5-18-6-4-16/h1-2,7,15H,3-6,8H2. The molecule has 0 aromatic heterocycles. The summed E-state index contributed by atoms with van der Waals surface area (Å²) in [4.78, 5) is 13.6. The number of morpholine rings is 1. The summed E-state index contributed by atoms with van der Waals surface area (Å²) >= 11 is 3.30. The molecule has 1 N–H and O–H groups in total. The maximum absolute atomic E-state index is 13.1. The average Bonchev–Trinajstić information content (AvgIpc) is 2.40. The lowest BCUT2D eigenvalue weighted by Gasteiger charge is -2.27. The predicted octanol–water partition coefficient (Wildman–Crippen LogP) is 1.86. The Labute approximate surface area is 113 Å². The first-order chi connectivity index (χ1) is 8.66. The summed E-state index contributed by atoms with van der Waals surface area (Å²) in [6.45, 7) is 2.54. The number of carbonyl (C=O) groups is 1. The first-order valence-electron chi connectivity index (χ1n) is 5.71. The molecular weight excluding hydrogens is 303 g/mol. The number of ether oxygens (including phenoxy) is 1. The van der Waals surface area contributed by atoms with Gasteiger partial charge in [0.2, 0.25) is 5.91 Å². The maximum Gasteiger partial charge on any atom is 0.242 e. The third-order valence-electron chi connectivity index (χ3n) is 2.72. The molecule has 0 radical (unpaired) electrons. The SMILES string of the molecule is O=C(CNc1cc(F)ccc1Br)N1CCOCC1. The second-order valence-corrected chi connectivity index (χ2v) is 4.83. The molecule has 1 heterocycles. The number of nitrogens with one attached hydrogen (secondary N) is 1.